The topological polar surface area (TPSA) is 95.6 Å². The van der Waals surface area contributed by atoms with E-state index in [2.05, 4.69) is 31.8 Å². The van der Waals surface area contributed by atoms with Crippen molar-refractivity contribution in [2.24, 2.45) is 0 Å². The first-order valence-corrected chi connectivity index (χ1v) is 10.6. The molecule has 4 rings (SSSR count). The molecule has 0 aliphatic carbocycles. The number of rotatable bonds is 6. The van der Waals surface area contributed by atoms with Crippen LogP contribution in [0.3, 0.4) is 0 Å². The van der Waals surface area contributed by atoms with Crippen molar-refractivity contribution in [3.05, 3.63) is 51.9 Å². The van der Waals surface area contributed by atoms with Crippen LogP contribution >= 0.6 is 23.4 Å². The molecule has 150 valence electrons. The van der Waals surface area contributed by atoms with E-state index in [0.717, 1.165) is 29.2 Å². The number of H-pyrrole nitrogens is 2. The number of nitrogens with zero attached hydrogens (tertiary/aromatic N) is 2. The van der Waals surface area contributed by atoms with Gasteiger partial charge in [-0.1, -0.05) is 30.3 Å². The molecule has 0 saturated carbocycles. The highest BCUT2D eigenvalue weighted by atomic mass is 35.5. The van der Waals surface area contributed by atoms with Gasteiger partial charge in [0.05, 0.1) is 27.3 Å². The lowest BCUT2D eigenvalue weighted by molar-refractivity contribution is -0.115. The molecule has 9 heteroatoms. The van der Waals surface area contributed by atoms with E-state index in [0.29, 0.717) is 21.7 Å². The van der Waals surface area contributed by atoms with Crippen LogP contribution in [0.5, 0.6) is 0 Å². The number of aromatic nitrogens is 4. The molecule has 2 aromatic heterocycles. The number of amides is 1. The molecular weight excluding hydrogens is 410 g/mol. The zero-order valence-electron chi connectivity index (χ0n) is 16.0. The molecule has 1 amide bonds. The van der Waals surface area contributed by atoms with Crippen LogP contribution in [0.25, 0.3) is 22.1 Å². The molecule has 0 radical (unpaired) electrons. The van der Waals surface area contributed by atoms with Crippen LogP contribution in [0.2, 0.25) is 5.02 Å². The van der Waals surface area contributed by atoms with Crippen LogP contribution in [0.1, 0.15) is 20.3 Å². The highest BCUT2D eigenvalue weighted by Gasteiger charge is 2.20. The summed E-state index contributed by atoms with van der Waals surface area (Å²) in [5.41, 5.74) is 3.52. The number of anilines is 1. The summed E-state index contributed by atoms with van der Waals surface area (Å²) in [6, 6.07) is 10.9. The summed E-state index contributed by atoms with van der Waals surface area (Å²) >= 11 is 7.51. The molecule has 4 aromatic rings. The Balaban J connectivity index is 1.54. The van der Waals surface area contributed by atoms with Crippen LogP contribution in [0.4, 0.5) is 5.69 Å². The molecular formula is C20H20ClN5O2S. The van der Waals surface area contributed by atoms with Gasteiger partial charge in [0.15, 0.2) is 5.16 Å². The lowest BCUT2D eigenvalue weighted by atomic mass is 10.2. The molecule has 2 aromatic carbocycles. The standard InChI is InChI=1S/C20H20ClN5O2S/c1-3-8-26-17-7-4-12(21)9-16(17)25-20(26)29-11(2)18(27)22-13-5-6-14-15(10-13)24-19(28)23-14/h4-7,9-11H,3,8H2,1-2H3,(H,22,27)(H2,23,24,28). The molecule has 0 aliphatic rings. The van der Waals surface area contributed by atoms with Crippen LogP contribution in [-0.2, 0) is 11.3 Å². The number of carbonyl (C=O) groups excluding carboxylic acids is 1. The minimum Gasteiger partial charge on any atom is -0.325 e. The monoisotopic (exact) mass is 429 g/mol. The fourth-order valence-electron chi connectivity index (χ4n) is 3.18. The van der Waals surface area contributed by atoms with Gasteiger partial charge in [-0.3, -0.25) is 4.79 Å². The second-order valence-electron chi connectivity index (χ2n) is 6.77. The fourth-order valence-corrected chi connectivity index (χ4v) is 4.29. The Bertz CT molecular complexity index is 1260. The van der Waals surface area contributed by atoms with E-state index < -0.39 is 0 Å². The molecule has 0 bridgehead atoms. The van der Waals surface area contributed by atoms with Gasteiger partial charge in [-0.25, -0.2) is 9.78 Å². The Morgan fingerprint density at radius 3 is 2.83 bits per heavy atom. The first kappa shape index (κ1) is 19.6. The number of nitrogens with one attached hydrogen (secondary N) is 3. The van der Waals surface area contributed by atoms with Crippen LogP contribution in [0.15, 0.2) is 46.3 Å². The number of carbonyl (C=O) groups is 1. The summed E-state index contributed by atoms with van der Waals surface area (Å²) in [6.07, 6.45) is 0.955. The Hall–Kier alpha value is -2.71. The molecule has 0 saturated heterocycles. The quantitative estimate of drug-likeness (QED) is 0.396. The summed E-state index contributed by atoms with van der Waals surface area (Å²) < 4.78 is 2.12. The first-order chi connectivity index (χ1) is 13.9. The van der Waals surface area contributed by atoms with Gasteiger partial charge in [0.25, 0.3) is 0 Å². The van der Waals surface area contributed by atoms with E-state index in [4.69, 9.17) is 11.6 Å². The van der Waals surface area contributed by atoms with Crippen molar-refractivity contribution in [3.63, 3.8) is 0 Å². The maximum absolute atomic E-state index is 12.7. The normalized spacial score (nSPS) is 12.5. The van der Waals surface area contributed by atoms with E-state index in [9.17, 15) is 9.59 Å². The number of hydrogen-bond acceptors (Lipinski definition) is 4. The van der Waals surface area contributed by atoms with Crippen molar-refractivity contribution < 1.29 is 4.79 Å². The molecule has 0 aliphatic heterocycles. The third-order valence-corrected chi connectivity index (χ3v) is 5.88. The Morgan fingerprint density at radius 1 is 1.24 bits per heavy atom. The van der Waals surface area contributed by atoms with E-state index in [-0.39, 0.29) is 16.8 Å². The van der Waals surface area contributed by atoms with Crippen LogP contribution < -0.4 is 11.0 Å². The van der Waals surface area contributed by atoms with Gasteiger partial charge < -0.3 is 19.9 Å². The molecule has 29 heavy (non-hydrogen) atoms. The van der Waals surface area contributed by atoms with Gasteiger partial charge in [0.1, 0.15) is 0 Å². The minimum atomic E-state index is -0.362. The predicted octanol–water partition coefficient (Wildman–Crippen LogP) is 4.39. The number of imidazole rings is 2. The number of aromatic amines is 2. The number of aryl methyl sites for hydroxylation is 1. The number of hydrogen-bond donors (Lipinski definition) is 3. The molecule has 1 unspecified atom stereocenters. The third kappa shape index (κ3) is 4.04. The van der Waals surface area contributed by atoms with Gasteiger partial charge in [-0.2, -0.15) is 0 Å². The lowest BCUT2D eigenvalue weighted by Crippen LogP contribution is -2.23. The van der Waals surface area contributed by atoms with Crippen molar-refractivity contribution >= 4 is 57.0 Å². The Labute approximate surface area is 175 Å². The minimum absolute atomic E-state index is 0.139. The Morgan fingerprint density at radius 2 is 2.03 bits per heavy atom. The maximum atomic E-state index is 12.7. The second-order valence-corrected chi connectivity index (χ2v) is 8.51. The zero-order valence-corrected chi connectivity index (χ0v) is 17.5. The van der Waals surface area contributed by atoms with E-state index in [1.807, 2.05) is 25.1 Å². The van der Waals surface area contributed by atoms with Crippen molar-refractivity contribution in [3.8, 4) is 0 Å². The average Bonchev–Trinajstić information content (AvgIpc) is 3.20. The molecule has 0 fully saturated rings. The SMILES string of the molecule is CCCn1c(SC(C)C(=O)Nc2ccc3[nH]c(=O)[nH]c3c2)nc2cc(Cl)ccc21. The van der Waals surface area contributed by atoms with Crippen molar-refractivity contribution in [1.29, 1.82) is 0 Å². The van der Waals surface area contributed by atoms with Crippen LogP contribution in [-0.4, -0.2) is 30.7 Å². The van der Waals surface area contributed by atoms with E-state index in [1.165, 1.54) is 11.8 Å². The van der Waals surface area contributed by atoms with Gasteiger partial charge in [0, 0.05) is 17.3 Å². The summed E-state index contributed by atoms with van der Waals surface area (Å²) in [5, 5.41) is 3.97. The predicted molar refractivity (Wildman–Crippen MR) is 118 cm³/mol. The van der Waals surface area contributed by atoms with Crippen molar-refractivity contribution in [2.75, 3.05) is 5.32 Å². The number of benzene rings is 2. The van der Waals surface area contributed by atoms with Crippen LogP contribution in [0, 0.1) is 0 Å². The summed E-state index contributed by atoms with van der Waals surface area (Å²) in [4.78, 5) is 34.2. The molecule has 2 heterocycles. The van der Waals surface area contributed by atoms with E-state index >= 15 is 0 Å². The molecule has 1 atom stereocenters. The molecule has 3 N–H and O–H groups in total. The van der Waals surface area contributed by atoms with E-state index in [1.54, 1.807) is 18.2 Å². The molecule has 0 spiro atoms. The van der Waals surface area contributed by atoms with Gasteiger partial charge in [0.2, 0.25) is 5.91 Å². The number of thioether (sulfide) groups is 1. The summed E-state index contributed by atoms with van der Waals surface area (Å²) in [6.45, 7) is 4.76. The van der Waals surface area contributed by atoms with Crippen molar-refractivity contribution in [1.82, 2.24) is 19.5 Å². The third-order valence-electron chi connectivity index (χ3n) is 4.56. The maximum Gasteiger partial charge on any atom is 0.323 e. The second kappa shape index (κ2) is 7.96. The zero-order chi connectivity index (χ0) is 20.5. The number of fused-ring (bicyclic) bond motifs is 2. The largest absolute Gasteiger partial charge is 0.325 e. The lowest BCUT2D eigenvalue weighted by Gasteiger charge is -2.13. The van der Waals surface area contributed by atoms with Crippen molar-refractivity contribution in [2.45, 2.75) is 37.2 Å². The smallest absolute Gasteiger partial charge is 0.323 e. The summed E-state index contributed by atoms with van der Waals surface area (Å²) in [5.74, 6) is -0.139. The molecule has 7 nitrogen and oxygen atoms in total. The van der Waals surface area contributed by atoms with Gasteiger partial charge >= 0.3 is 5.69 Å². The highest BCUT2D eigenvalue weighted by Crippen LogP contribution is 2.29. The van der Waals surface area contributed by atoms with Gasteiger partial charge in [-0.05, 0) is 49.7 Å². The number of halogens is 1. The first-order valence-electron chi connectivity index (χ1n) is 9.30. The highest BCUT2D eigenvalue weighted by molar-refractivity contribution is 8.00. The Kier molecular flexibility index (Phi) is 5.38. The fraction of sp³-hybridized carbons (Fsp3) is 0.250. The van der Waals surface area contributed by atoms with Gasteiger partial charge in [-0.15, -0.1) is 0 Å². The summed E-state index contributed by atoms with van der Waals surface area (Å²) in [7, 11) is 0. The average molecular weight is 430 g/mol.